The number of para-hydroxylation sites is 1. The summed E-state index contributed by atoms with van der Waals surface area (Å²) in [6.45, 7) is 5.16. The highest BCUT2D eigenvalue weighted by molar-refractivity contribution is 5.82. The summed E-state index contributed by atoms with van der Waals surface area (Å²) >= 11 is 0. The Morgan fingerprint density at radius 3 is 2.87 bits per heavy atom. The van der Waals surface area contributed by atoms with E-state index in [9.17, 15) is 14.9 Å². The average molecular weight is 409 g/mol. The number of aryl methyl sites for hydroxylation is 1. The molecule has 0 aliphatic rings. The van der Waals surface area contributed by atoms with Gasteiger partial charge in [0.15, 0.2) is 0 Å². The fourth-order valence-corrected chi connectivity index (χ4v) is 3.00. The molecule has 1 N–H and O–H groups in total. The maximum absolute atomic E-state index is 12.9. The summed E-state index contributed by atoms with van der Waals surface area (Å²) in [7, 11) is 0. The van der Waals surface area contributed by atoms with Gasteiger partial charge in [-0.15, -0.1) is 0 Å². The molecule has 0 radical (unpaired) electrons. The van der Waals surface area contributed by atoms with Crippen molar-refractivity contribution in [2.75, 3.05) is 18.6 Å². The van der Waals surface area contributed by atoms with Crippen LogP contribution in [0.3, 0.4) is 0 Å². The van der Waals surface area contributed by atoms with E-state index in [0.717, 1.165) is 0 Å². The second kappa shape index (κ2) is 9.75. The van der Waals surface area contributed by atoms with E-state index in [1.165, 1.54) is 16.8 Å². The Morgan fingerprint density at radius 2 is 2.10 bits per heavy atom. The molecule has 0 fully saturated rings. The highest BCUT2D eigenvalue weighted by Crippen LogP contribution is 2.18. The number of anilines is 1. The van der Waals surface area contributed by atoms with E-state index in [1.54, 1.807) is 37.3 Å². The van der Waals surface area contributed by atoms with Gasteiger partial charge in [-0.05, 0) is 32.4 Å². The quantitative estimate of drug-likeness (QED) is 0.251. The number of nitro groups is 1. The molecular weight excluding hydrogens is 386 g/mol. The van der Waals surface area contributed by atoms with Crippen LogP contribution in [0.2, 0.25) is 0 Å². The molecule has 3 aromatic rings. The molecular formula is C21H23N5O4. The minimum absolute atomic E-state index is 0.0237. The zero-order chi connectivity index (χ0) is 21.5. The molecule has 0 aliphatic carbocycles. The lowest BCUT2D eigenvalue weighted by Crippen LogP contribution is -2.25. The van der Waals surface area contributed by atoms with Crippen LogP contribution >= 0.6 is 0 Å². The number of nitrogens with zero attached hydrogens (tertiary/aromatic N) is 4. The van der Waals surface area contributed by atoms with Gasteiger partial charge in [0.2, 0.25) is 5.95 Å². The van der Waals surface area contributed by atoms with Crippen LogP contribution in [0, 0.1) is 17.0 Å². The molecule has 156 valence electrons. The second-order valence-electron chi connectivity index (χ2n) is 6.63. The third-order valence-corrected chi connectivity index (χ3v) is 4.54. The number of ether oxygens (including phenoxy) is 1. The maximum Gasteiger partial charge on any atom is 0.272 e. The molecule has 0 amide bonds. The molecule has 3 rings (SSSR count). The molecule has 0 saturated carbocycles. The summed E-state index contributed by atoms with van der Waals surface area (Å²) in [6, 6.07) is 12.0. The molecule has 9 nitrogen and oxygen atoms in total. The van der Waals surface area contributed by atoms with Gasteiger partial charge in [-0.1, -0.05) is 24.3 Å². The topological polar surface area (TPSA) is 112 Å². The van der Waals surface area contributed by atoms with E-state index in [4.69, 9.17) is 4.74 Å². The van der Waals surface area contributed by atoms with E-state index in [1.807, 2.05) is 13.0 Å². The van der Waals surface area contributed by atoms with Gasteiger partial charge in [0.25, 0.3) is 11.2 Å². The molecule has 2 aromatic carbocycles. The Kier molecular flexibility index (Phi) is 6.87. The third kappa shape index (κ3) is 4.87. The summed E-state index contributed by atoms with van der Waals surface area (Å²) in [6.07, 6.45) is 2.11. The van der Waals surface area contributed by atoms with E-state index in [0.29, 0.717) is 54.2 Å². The first-order valence-corrected chi connectivity index (χ1v) is 9.62. The zero-order valence-corrected chi connectivity index (χ0v) is 16.9. The Labute approximate surface area is 173 Å². The van der Waals surface area contributed by atoms with Gasteiger partial charge in [-0.3, -0.25) is 19.5 Å². The van der Waals surface area contributed by atoms with Gasteiger partial charge in [0, 0.05) is 37.0 Å². The van der Waals surface area contributed by atoms with Crippen LogP contribution in [0.15, 0.2) is 52.4 Å². The van der Waals surface area contributed by atoms with E-state index >= 15 is 0 Å². The third-order valence-electron chi connectivity index (χ3n) is 4.54. The second-order valence-corrected chi connectivity index (χ2v) is 6.63. The fraction of sp³-hybridized carbons (Fsp3) is 0.286. The average Bonchev–Trinajstić information content (AvgIpc) is 2.74. The van der Waals surface area contributed by atoms with Crippen LogP contribution in [0.1, 0.15) is 24.5 Å². The molecule has 0 aliphatic heterocycles. The highest BCUT2D eigenvalue weighted by atomic mass is 16.6. The molecule has 0 spiro atoms. The summed E-state index contributed by atoms with van der Waals surface area (Å²) < 4.78 is 6.88. The van der Waals surface area contributed by atoms with Crippen molar-refractivity contribution in [2.24, 2.45) is 5.10 Å². The number of hydrogen-bond acceptors (Lipinski definition) is 7. The number of hydrazone groups is 1. The molecule has 0 atom stereocenters. The van der Waals surface area contributed by atoms with Gasteiger partial charge >= 0.3 is 0 Å². The number of fused-ring (bicyclic) bond motifs is 1. The van der Waals surface area contributed by atoms with Gasteiger partial charge in [0.1, 0.15) is 0 Å². The van der Waals surface area contributed by atoms with Crippen molar-refractivity contribution in [2.45, 2.75) is 26.8 Å². The van der Waals surface area contributed by atoms with Crippen LogP contribution in [0.25, 0.3) is 10.9 Å². The van der Waals surface area contributed by atoms with Crippen molar-refractivity contribution in [1.29, 1.82) is 0 Å². The van der Waals surface area contributed by atoms with E-state index in [2.05, 4.69) is 15.5 Å². The van der Waals surface area contributed by atoms with Gasteiger partial charge < -0.3 is 4.74 Å². The van der Waals surface area contributed by atoms with E-state index < -0.39 is 4.92 Å². The zero-order valence-electron chi connectivity index (χ0n) is 16.9. The van der Waals surface area contributed by atoms with E-state index in [-0.39, 0.29) is 11.2 Å². The standard InChI is InChI=1S/C21H23N5O4/c1-3-30-12-6-11-25-20(27)17-7-4-5-8-18(17)23-21(25)24-22-14-16-10-9-15(2)19(13-16)26(28)29/h4-5,7-10,13-14H,3,6,11-12H2,1-2H3,(H,23,24)/b22-14-. The molecule has 1 aromatic heterocycles. The molecule has 0 bridgehead atoms. The number of rotatable bonds is 9. The van der Waals surface area contributed by atoms with Gasteiger partial charge in [-0.25, -0.2) is 10.4 Å². The Hall–Kier alpha value is -3.59. The molecule has 30 heavy (non-hydrogen) atoms. The Balaban J connectivity index is 1.88. The Bertz CT molecular complexity index is 1140. The number of benzene rings is 2. The first kappa shape index (κ1) is 21.1. The molecule has 0 unspecified atom stereocenters. The monoisotopic (exact) mass is 409 g/mol. The number of nitrogens with one attached hydrogen (secondary N) is 1. The van der Waals surface area contributed by atoms with Crippen LogP contribution in [0.5, 0.6) is 0 Å². The first-order chi connectivity index (χ1) is 14.5. The van der Waals surface area contributed by atoms with Crippen LogP contribution in [-0.2, 0) is 11.3 Å². The highest BCUT2D eigenvalue weighted by Gasteiger charge is 2.11. The van der Waals surface area contributed by atoms with Crippen molar-refractivity contribution in [3.8, 4) is 0 Å². The predicted octanol–water partition coefficient (Wildman–Crippen LogP) is 3.49. The number of hydrogen-bond donors (Lipinski definition) is 1. The lowest BCUT2D eigenvalue weighted by atomic mass is 10.1. The Morgan fingerprint density at radius 1 is 1.30 bits per heavy atom. The predicted molar refractivity (Wildman–Crippen MR) is 116 cm³/mol. The first-order valence-electron chi connectivity index (χ1n) is 9.62. The normalized spacial score (nSPS) is 11.3. The minimum Gasteiger partial charge on any atom is -0.382 e. The van der Waals surface area contributed by atoms with Gasteiger partial charge in [0.05, 0.1) is 22.0 Å². The van der Waals surface area contributed by atoms with Crippen molar-refractivity contribution in [1.82, 2.24) is 9.55 Å². The summed E-state index contributed by atoms with van der Waals surface area (Å²) in [5.41, 5.74) is 4.36. The maximum atomic E-state index is 12.9. The minimum atomic E-state index is -0.430. The van der Waals surface area contributed by atoms with Crippen molar-refractivity contribution >= 4 is 28.8 Å². The molecule has 0 saturated heterocycles. The van der Waals surface area contributed by atoms with Crippen LogP contribution < -0.4 is 11.0 Å². The van der Waals surface area contributed by atoms with Crippen molar-refractivity contribution in [3.63, 3.8) is 0 Å². The smallest absolute Gasteiger partial charge is 0.272 e. The summed E-state index contributed by atoms with van der Waals surface area (Å²) in [4.78, 5) is 28.1. The summed E-state index contributed by atoms with van der Waals surface area (Å²) in [5.74, 6) is 0.299. The SMILES string of the molecule is CCOCCCn1c(N/N=C\c2ccc(C)c([N+](=O)[O-])c2)nc2ccccc2c1=O. The van der Waals surface area contributed by atoms with Crippen LogP contribution in [-0.4, -0.2) is 33.9 Å². The number of aromatic nitrogens is 2. The van der Waals surface area contributed by atoms with Crippen molar-refractivity contribution in [3.05, 3.63) is 74.1 Å². The molecule has 9 heteroatoms. The fourth-order valence-electron chi connectivity index (χ4n) is 3.00. The number of nitro benzene ring substituents is 1. The lowest BCUT2D eigenvalue weighted by molar-refractivity contribution is -0.385. The van der Waals surface area contributed by atoms with Gasteiger partial charge in [-0.2, -0.15) is 5.10 Å². The largest absolute Gasteiger partial charge is 0.382 e. The van der Waals surface area contributed by atoms with Crippen molar-refractivity contribution < 1.29 is 9.66 Å². The van der Waals surface area contributed by atoms with Crippen LogP contribution in [0.4, 0.5) is 11.6 Å². The summed E-state index contributed by atoms with van der Waals surface area (Å²) in [5, 5.41) is 15.8. The lowest BCUT2D eigenvalue weighted by Gasteiger charge is -2.12. The molecule has 1 heterocycles.